The summed E-state index contributed by atoms with van der Waals surface area (Å²) in [5, 5.41) is 12.2. The molecule has 1 aromatic heterocycles. The highest BCUT2D eigenvalue weighted by Gasteiger charge is 2.17. The predicted octanol–water partition coefficient (Wildman–Crippen LogP) is 4.19. The lowest BCUT2D eigenvalue weighted by Crippen LogP contribution is -2.30. The van der Waals surface area contributed by atoms with Crippen LogP contribution in [-0.2, 0) is 4.79 Å². The topological polar surface area (TPSA) is 75.0 Å². The second kappa shape index (κ2) is 6.91. The Kier molecular flexibility index (Phi) is 4.68. The van der Waals surface area contributed by atoms with Gasteiger partial charge in [-0.15, -0.1) is 0 Å². The number of carbonyl (C=O) groups excluding carboxylic acids is 1. The average Bonchev–Trinajstić information content (AvgIpc) is 2.98. The highest BCUT2D eigenvalue weighted by atomic mass is 32.1. The number of nitrogens with one attached hydrogen (secondary N) is 1. The van der Waals surface area contributed by atoms with Gasteiger partial charge >= 0.3 is 0 Å². The fourth-order valence-electron chi connectivity index (χ4n) is 2.50. The number of anilines is 1. The fourth-order valence-corrected chi connectivity index (χ4v) is 3.54. The minimum absolute atomic E-state index is 0.266. The van der Waals surface area contributed by atoms with Crippen LogP contribution >= 0.6 is 11.3 Å². The first-order valence-electron chi connectivity index (χ1n) is 7.82. The van der Waals surface area contributed by atoms with E-state index in [1.807, 2.05) is 19.9 Å². The molecule has 1 atom stereocenters. The van der Waals surface area contributed by atoms with Gasteiger partial charge in [0, 0.05) is 0 Å². The zero-order chi connectivity index (χ0) is 18.0. The molecule has 126 valence electrons. The highest BCUT2D eigenvalue weighted by Crippen LogP contribution is 2.29. The van der Waals surface area contributed by atoms with Gasteiger partial charge in [0.2, 0.25) is 0 Å². The average molecular weight is 351 g/mol. The number of fused-ring (bicyclic) bond motifs is 1. The molecule has 5 nitrogen and oxygen atoms in total. The van der Waals surface area contributed by atoms with Crippen molar-refractivity contribution >= 4 is 32.6 Å². The molecule has 0 fully saturated rings. The first kappa shape index (κ1) is 16.9. The van der Waals surface area contributed by atoms with Crippen LogP contribution < -0.4 is 10.1 Å². The predicted molar refractivity (Wildman–Crippen MR) is 99.0 cm³/mol. The normalized spacial score (nSPS) is 11.8. The molecule has 3 aromatic rings. The summed E-state index contributed by atoms with van der Waals surface area (Å²) in [6.45, 7) is 5.73. The van der Waals surface area contributed by atoms with E-state index in [1.54, 1.807) is 31.2 Å². The summed E-state index contributed by atoms with van der Waals surface area (Å²) in [5.74, 6) is 0.273. The van der Waals surface area contributed by atoms with Crippen LogP contribution in [0.3, 0.4) is 0 Å². The summed E-state index contributed by atoms with van der Waals surface area (Å²) in [6, 6.07) is 12.8. The maximum Gasteiger partial charge on any atom is 0.266 e. The van der Waals surface area contributed by atoms with Crippen LogP contribution in [0.5, 0.6) is 5.75 Å². The van der Waals surface area contributed by atoms with Crippen molar-refractivity contribution in [3.05, 3.63) is 53.1 Å². The van der Waals surface area contributed by atoms with E-state index >= 15 is 0 Å². The van der Waals surface area contributed by atoms with Crippen molar-refractivity contribution in [2.24, 2.45) is 0 Å². The van der Waals surface area contributed by atoms with E-state index < -0.39 is 6.10 Å². The van der Waals surface area contributed by atoms with E-state index in [1.165, 1.54) is 16.9 Å². The van der Waals surface area contributed by atoms with Gasteiger partial charge in [-0.3, -0.25) is 10.1 Å². The molecular weight excluding hydrogens is 334 g/mol. The molecule has 6 heteroatoms. The van der Waals surface area contributed by atoms with Gasteiger partial charge in [0.15, 0.2) is 11.2 Å². The Morgan fingerprint density at radius 3 is 2.68 bits per heavy atom. The zero-order valence-electron chi connectivity index (χ0n) is 14.2. The van der Waals surface area contributed by atoms with Gasteiger partial charge in [-0.25, -0.2) is 4.98 Å². The van der Waals surface area contributed by atoms with E-state index in [4.69, 9.17) is 10.00 Å². The lowest BCUT2D eigenvalue weighted by atomic mass is 10.1. The van der Waals surface area contributed by atoms with E-state index in [2.05, 4.69) is 22.4 Å². The molecule has 1 unspecified atom stereocenters. The van der Waals surface area contributed by atoms with E-state index in [9.17, 15) is 4.79 Å². The lowest BCUT2D eigenvalue weighted by Gasteiger charge is -2.13. The smallest absolute Gasteiger partial charge is 0.266 e. The third kappa shape index (κ3) is 3.78. The number of carbonyl (C=O) groups is 1. The fraction of sp³-hybridized carbons (Fsp3) is 0.211. The third-order valence-electron chi connectivity index (χ3n) is 3.73. The Bertz CT molecular complexity index is 971. The van der Waals surface area contributed by atoms with Gasteiger partial charge < -0.3 is 4.74 Å². The van der Waals surface area contributed by atoms with Crippen molar-refractivity contribution in [1.29, 1.82) is 5.26 Å². The minimum Gasteiger partial charge on any atom is -0.481 e. The summed E-state index contributed by atoms with van der Waals surface area (Å²) in [5.41, 5.74) is 3.72. The number of nitriles is 1. The molecule has 1 N–H and O–H groups in total. The number of aromatic nitrogens is 1. The van der Waals surface area contributed by atoms with Gasteiger partial charge in [-0.1, -0.05) is 17.4 Å². The summed E-state index contributed by atoms with van der Waals surface area (Å²) >= 11 is 1.45. The molecule has 2 aromatic carbocycles. The molecule has 0 aliphatic rings. The van der Waals surface area contributed by atoms with E-state index in [0.717, 1.165) is 15.8 Å². The SMILES string of the molecule is Cc1cc(C)c2nc(NC(=O)C(C)Oc3ccc(C#N)cc3)sc2c1. The molecule has 0 bridgehead atoms. The van der Waals surface area contributed by atoms with Crippen molar-refractivity contribution < 1.29 is 9.53 Å². The number of thiazole rings is 1. The van der Waals surface area contributed by atoms with Crippen LogP contribution in [0.15, 0.2) is 36.4 Å². The number of ether oxygens (including phenoxy) is 1. The van der Waals surface area contributed by atoms with Crippen molar-refractivity contribution in [1.82, 2.24) is 4.98 Å². The molecule has 0 aliphatic heterocycles. The molecular formula is C19H17N3O2S. The van der Waals surface area contributed by atoms with Crippen LogP contribution in [0.25, 0.3) is 10.2 Å². The molecule has 3 rings (SSSR count). The summed E-state index contributed by atoms with van der Waals surface area (Å²) in [4.78, 5) is 16.8. The van der Waals surface area contributed by atoms with E-state index in [-0.39, 0.29) is 5.91 Å². The molecule has 0 aliphatic carbocycles. The minimum atomic E-state index is -0.678. The maximum absolute atomic E-state index is 12.3. The van der Waals surface area contributed by atoms with Crippen LogP contribution in [0.1, 0.15) is 23.6 Å². The number of hydrogen-bond donors (Lipinski definition) is 1. The third-order valence-corrected chi connectivity index (χ3v) is 4.64. The van der Waals surface area contributed by atoms with E-state index in [0.29, 0.717) is 16.4 Å². The van der Waals surface area contributed by atoms with Gasteiger partial charge in [0.05, 0.1) is 21.8 Å². The first-order chi connectivity index (χ1) is 12.0. The number of nitrogens with zero attached hydrogens (tertiary/aromatic N) is 2. The van der Waals surface area contributed by atoms with Crippen molar-refractivity contribution in [3.63, 3.8) is 0 Å². The highest BCUT2D eigenvalue weighted by molar-refractivity contribution is 7.22. The number of hydrogen-bond acceptors (Lipinski definition) is 5. The second-order valence-corrected chi connectivity index (χ2v) is 6.86. The van der Waals surface area contributed by atoms with Crippen LogP contribution in [0, 0.1) is 25.2 Å². The van der Waals surface area contributed by atoms with Crippen molar-refractivity contribution in [2.45, 2.75) is 26.9 Å². The molecule has 0 saturated heterocycles. The maximum atomic E-state index is 12.3. The Balaban J connectivity index is 1.70. The van der Waals surface area contributed by atoms with Gasteiger partial charge in [0.1, 0.15) is 5.75 Å². The number of aryl methyl sites for hydroxylation is 2. The van der Waals surface area contributed by atoms with Crippen molar-refractivity contribution in [2.75, 3.05) is 5.32 Å². The number of amides is 1. The zero-order valence-corrected chi connectivity index (χ0v) is 15.0. The summed E-state index contributed by atoms with van der Waals surface area (Å²) < 4.78 is 6.67. The number of rotatable bonds is 4. The van der Waals surface area contributed by atoms with Crippen molar-refractivity contribution in [3.8, 4) is 11.8 Å². The Morgan fingerprint density at radius 1 is 1.28 bits per heavy atom. The van der Waals surface area contributed by atoms with Crippen LogP contribution in [0.4, 0.5) is 5.13 Å². The Morgan fingerprint density at radius 2 is 2.00 bits per heavy atom. The van der Waals surface area contributed by atoms with Gasteiger partial charge in [-0.05, 0) is 62.2 Å². The molecule has 0 spiro atoms. The standard InChI is InChI=1S/C19H17N3O2S/c1-11-8-12(2)17-16(9-11)25-19(21-17)22-18(23)13(3)24-15-6-4-14(10-20)5-7-15/h4-9,13H,1-3H3,(H,21,22,23). The first-order valence-corrected chi connectivity index (χ1v) is 8.63. The second-order valence-electron chi connectivity index (χ2n) is 5.83. The summed E-state index contributed by atoms with van der Waals surface area (Å²) in [6.07, 6.45) is -0.678. The van der Waals surface area contributed by atoms with Crippen LogP contribution in [-0.4, -0.2) is 17.0 Å². The number of benzene rings is 2. The van der Waals surface area contributed by atoms with Gasteiger partial charge in [-0.2, -0.15) is 5.26 Å². The Hall–Kier alpha value is -2.91. The molecule has 25 heavy (non-hydrogen) atoms. The molecule has 0 radical (unpaired) electrons. The van der Waals surface area contributed by atoms with Crippen LogP contribution in [0.2, 0.25) is 0 Å². The molecule has 1 amide bonds. The molecule has 1 heterocycles. The molecule has 0 saturated carbocycles. The summed E-state index contributed by atoms with van der Waals surface area (Å²) in [7, 11) is 0. The monoisotopic (exact) mass is 351 g/mol. The largest absolute Gasteiger partial charge is 0.481 e. The van der Waals surface area contributed by atoms with Gasteiger partial charge in [0.25, 0.3) is 5.91 Å². The lowest BCUT2D eigenvalue weighted by molar-refractivity contribution is -0.122. The quantitative estimate of drug-likeness (QED) is 0.765. The Labute approximate surface area is 149 Å².